The number of carbonyl (C=O) groups is 5. The number of hydrogen-bond donors (Lipinski definition) is 7. The van der Waals surface area contributed by atoms with Gasteiger partial charge in [-0.1, -0.05) is 6.07 Å². The number of aliphatic hydroxyl groups excluding tert-OH is 2. The van der Waals surface area contributed by atoms with E-state index in [0.717, 1.165) is 19.3 Å². The van der Waals surface area contributed by atoms with Crippen LogP contribution in [0.2, 0.25) is 0 Å². The Balaban J connectivity index is 1.35. The van der Waals surface area contributed by atoms with E-state index in [-0.39, 0.29) is 28.1 Å². The smallest absolute Gasteiger partial charge is 0.259 e. The van der Waals surface area contributed by atoms with Crippen LogP contribution in [0.15, 0.2) is 48.4 Å². The molecular weight excluding hydrogens is 722 g/mol. The van der Waals surface area contributed by atoms with Gasteiger partial charge in [0.25, 0.3) is 5.91 Å². The molecule has 2 heterocycles. The number of nitrogens with zero attached hydrogens (tertiary/aromatic N) is 1. The van der Waals surface area contributed by atoms with Gasteiger partial charge in [-0.25, -0.2) is 0 Å². The summed E-state index contributed by atoms with van der Waals surface area (Å²) in [6, 6.07) is 5.31. The van der Waals surface area contributed by atoms with Crippen LogP contribution in [0.5, 0.6) is 11.5 Å². The fourth-order valence-electron chi connectivity index (χ4n) is 8.41. The van der Waals surface area contributed by atoms with Crippen LogP contribution >= 0.6 is 0 Å². The SMILES string of the molecule is CO[C@@H]1[C@@H](O)[C@@H](OC)C(NC2=CC(=O)c3c(cc4c(c3O)C(=O)[C@]3(OC)[C@H](O)Cc5cc(C)c(C(=O)Nc6cccnc6)c(O)c5[C@]3(O)C4=O)C2=O)O[C@H]1C. The van der Waals surface area contributed by atoms with Crippen LogP contribution in [0.3, 0.4) is 0 Å². The normalized spacial score (nSPS) is 29.8. The summed E-state index contributed by atoms with van der Waals surface area (Å²) in [5.74, 6) is -7.50. The lowest BCUT2D eigenvalue weighted by Crippen LogP contribution is -2.73. The highest BCUT2D eigenvalue weighted by Crippen LogP contribution is 2.56. The van der Waals surface area contributed by atoms with Crippen molar-refractivity contribution < 1.29 is 68.5 Å². The molecule has 1 aliphatic heterocycles. The van der Waals surface area contributed by atoms with Crippen LogP contribution in [0.1, 0.15) is 75.4 Å². The third-order valence-electron chi connectivity index (χ3n) is 10.9. The van der Waals surface area contributed by atoms with Crippen LogP contribution in [-0.4, -0.2) is 123 Å². The van der Waals surface area contributed by atoms with E-state index in [2.05, 4.69) is 15.6 Å². The Bertz CT molecular complexity index is 2220. The highest BCUT2D eigenvalue weighted by atomic mass is 16.6. The number of ether oxygens (including phenoxy) is 4. The van der Waals surface area contributed by atoms with E-state index in [4.69, 9.17) is 18.9 Å². The van der Waals surface area contributed by atoms with Crippen molar-refractivity contribution >= 4 is 34.7 Å². The first-order valence-electron chi connectivity index (χ1n) is 17.1. The fraction of sp³-hybridized carbons (Fsp3) is 0.368. The molecule has 288 valence electrons. The number of anilines is 1. The highest BCUT2D eigenvalue weighted by molar-refractivity contribution is 6.31. The number of carbonyl (C=O) groups excluding carboxylic acids is 5. The average molecular weight is 760 g/mol. The van der Waals surface area contributed by atoms with E-state index in [9.17, 15) is 49.5 Å². The van der Waals surface area contributed by atoms with Crippen LogP contribution in [0.25, 0.3) is 0 Å². The van der Waals surface area contributed by atoms with Crippen LogP contribution in [0.4, 0.5) is 5.69 Å². The number of nitrogens with one attached hydrogen (secondary N) is 2. The van der Waals surface area contributed by atoms with Crippen LogP contribution in [0, 0.1) is 6.92 Å². The predicted molar refractivity (Wildman–Crippen MR) is 187 cm³/mol. The van der Waals surface area contributed by atoms with E-state index in [1.807, 2.05) is 0 Å². The maximum Gasteiger partial charge on any atom is 0.259 e. The number of phenolic OH excluding ortho intramolecular Hbond substituents is 2. The van der Waals surface area contributed by atoms with Crippen molar-refractivity contribution in [3.63, 3.8) is 0 Å². The Hall–Kier alpha value is -5.40. The van der Waals surface area contributed by atoms with E-state index >= 15 is 0 Å². The molecule has 55 heavy (non-hydrogen) atoms. The lowest BCUT2D eigenvalue weighted by Gasteiger charge is -2.53. The van der Waals surface area contributed by atoms with Crippen molar-refractivity contribution in [1.82, 2.24) is 10.3 Å². The quantitative estimate of drug-likeness (QED) is 0.174. The number of rotatable bonds is 7. The van der Waals surface area contributed by atoms with Gasteiger partial charge in [0.2, 0.25) is 17.3 Å². The lowest BCUT2D eigenvalue weighted by atomic mass is 9.56. The summed E-state index contributed by atoms with van der Waals surface area (Å²) in [5.41, 5.74) is -9.87. The van der Waals surface area contributed by atoms with Gasteiger partial charge >= 0.3 is 0 Å². The van der Waals surface area contributed by atoms with Crippen molar-refractivity contribution in [1.29, 1.82) is 0 Å². The number of hydrogen-bond acceptors (Lipinski definition) is 16. The Kier molecular flexibility index (Phi) is 9.24. The third kappa shape index (κ3) is 5.19. The second-order valence-corrected chi connectivity index (χ2v) is 13.8. The van der Waals surface area contributed by atoms with Gasteiger partial charge in [0.05, 0.1) is 46.5 Å². The molecule has 0 radical (unpaired) electrons. The number of phenols is 2. The summed E-state index contributed by atoms with van der Waals surface area (Å²) < 4.78 is 22.2. The molecule has 2 aromatic carbocycles. The summed E-state index contributed by atoms with van der Waals surface area (Å²) in [6.45, 7) is 3.09. The van der Waals surface area contributed by atoms with Crippen molar-refractivity contribution in [3.8, 4) is 11.5 Å². The zero-order chi connectivity index (χ0) is 39.9. The summed E-state index contributed by atoms with van der Waals surface area (Å²) in [6.07, 6.45) is -3.80. The molecular formula is C38H37N3O14. The van der Waals surface area contributed by atoms with Gasteiger partial charge in [-0.05, 0) is 43.2 Å². The molecule has 1 unspecified atom stereocenters. The van der Waals surface area contributed by atoms with E-state index in [1.54, 1.807) is 13.0 Å². The van der Waals surface area contributed by atoms with Crippen LogP contribution < -0.4 is 10.6 Å². The number of ketones is 4. The molecule has 1 amide bonds. The number of aromatic hydroxyl groups is 2. The number of aryl methyl sites for hydroxylation is 1. The van der Waals surface area contributed by atoms with Gasteiger partial charge in [-0.15, -0.1) is 0 Å². The largest absolute Gasteiger partial charge is 0.507 e. The molecule has 0 spiro atoms. The minimum atomic E-state index is -3.26. The molecule has 1 aromatic heterocycles. The van der Waals surface area contributed by atoms with Crippen molar-refractivity contribution in [2.75, 3.05) is 26.6 Å². The Morgan fingerprint density at radius 1 is 0.982 bits per heavy atom. The average Bonchev–Trinajstić information content (AvgIpc) is 3.13. The monoisotopic (exact) mass is 759 g/mol. The molecule has 4 aliphatic rings. The lowest BCUT2D eigenvalue weighted by molar-refractivity contribution is -0.236. The number of aliphatic hydroxyl groups is 3. The maximum atomic E-state index is 14.8. The molecule has 8 atom stereocenters. The minimum Gasteiger partial charge on any atom is -0.507 e. The highest BCUT2D eigenvalue weighted by Gasteiger charge is 2.72. The molecule has 3 aromatic rings. The van der Waals surface area contributed by atoms with Crippen LogP contribution in [-0.2, 0) is 31.0 Å². The molecule has 1 fully saturated rings. The summed E-state index contributed by atoms with van der Waals surface area (Å²) in [7, 11) is 3.59. The van der Waals surface area contributed by atoms with E-state index in [0.29, 0.717) is 0 Å². The van der Waals surface area contributed by atoms with Gasteiger partial charge < -0.3 is 55.1 Å². The summed E-state index contributed by atoms with van der Waals surface area (Å²) >= 11 is 0. The number of aromatic nitrogens is 1. The molecule has 17 heteroatoms. The van der Waals surface area contributed by atoms with Crippen molar-refractivity contribution in [2.45, 2.75) is 68.2 Å². The summed E-state index contributed by atoms with van der Waals surface area (Å²) in [4.78, 5) is 74.6. The number of fused-ring (bicyclic) bond motifs is 5. The zero-order valence-corrected chi connectivity index (χ0v) is 30.1. The number of pyridine rings is 1. The first-order valence-corrected chi connectivity index (χ1v) is 17.1. The molecule has 0 bridgehead atoms. The number of methoxy groups -OCH3 is 3. The molecule has 1 saturated heterocycles. The summed E-state index contributed by atoms with van der Waals surface area (Å²) in [5, 5.41) is 63.8. The maximum absolute atomic E-state index is 14.8. The van der Waals surface area contributed by atoms with Gasteiger partial charge in [0.15, 0.2) is 23.2 Å². The van der Waals surface area contributed by atoms with Gasteiger partial charge in [0.1, 0.15) is 29.8 Å². The molecule has 3 aliphatic carbocycles. The molecule has 7 N–H and O–H groups in total. The van der Waals surface area contributed by atoms with Gasteiger partial charge in [-0.3, -0.25) is 29.0 Å². The number of allylic oxidation sites excluding steroid dienone is 2. The zero-order valence-electron chi connectivity index (χ0n) is 30.1. The molecule has 7 rings (SSSR count). The molecule has 0 saturated carbocycles. The minimum absolute atomic E-state index is 0.00429. The Morgan fingerprint density at radius 2 is 1.69 bits per heavy atom. The number of benzene rings is 2. The second kappa shape index (κ2) is 13.4. The first kappa shape index (κ1) is 37.9. The third-order valence-corrected chi connectivity index (χ3v) is 10.9. The fourth-order valence-corrected chi connectivity index (χ4v) is 8.41. The topological polar surface area (TPSA) is 260 Å². The van der Waals surface area contributed by atoms with E-state index in [1.165, 1.54) is 45.7 Å². The Labute approximate surface area is 312 Å². The van der Waals surface area contributed by atoms with Gasteiger partial charge in [0, 0.05) is 56.7 Å². The van der Waals surface area contributed by atoms with Crippen molar-refractivity contribution in [3.05, 3.63) is 92.9 Å². The predicted octanol–water partition coefficient (Wildman–Crippen LogP) is 0.611. The standard InChI is InChI=1S/C38H37N3O14/c1-14-9-16-10-22(43)38(54-5)34(49)25-19(33(48)37(38,51)26(16)29(46)23(14)35(50)40-17-7-6-8-39-13-17)11-18-24(28(25)45)21(42)12-20(27(18)44)41-36-32(53-4)30(47)31(52-3)15(2)55-36/h6-9,11-13,15,22,30-32,36,41,43,45-47,51H,10H2,1-5H3,(H,40,50)/t15-,22+,30+,31-,32+,36?,37-,38+/m0/s1. The first-order chi connectivity index (χ1) is 26.1. The molecule has 17 nitrogen and oxygen atoms in total. The van der Waals surface area contributed by atoms with E-state index < -0.39 is 123 Å². The number of amides is 1. The van der Waals surface area contributed by atoms with Crippen molar-refractivity contribution in [2.24, 2.45) is 0 Å². The number of Topliss-reactive ketones (excluding diaryl/α,β-unsaturated/α-hetero) is 3. The Morgan fingerprint density at radius 3 is 2.33 bits per heavy atom. The second-order valence-electron chi connectivity index (χ2n) is 13.8. The van der Waals surface area contributed by atoms with Gasteiger partial charge in [-0.2, -0.15) is 0 Å².